The number of aryl methyl sites for hydroxylation is 1. The van der Waals surface area contributed by atoms with Crippen LogP contribution in [-0.4, -0.2) is 39.8 Å². The molecule has 1 N–H and O–H groups in total. The minimum atomic E-state index is -0.423. The molecule has 0 unspecified atom stereocenters. The molecule has 0 atom stereocenters. The molecule has 3 rings (SSSR count). The Kier molecular flexibility index (Phi) is 3.41. The standard InChI is InChI=1S/C13H15FN6/c1-9-2-3-12(19-18-9)20-6-10(7-20)4-16-13-11(14)5-15-8-17-13/h2-3,5,8,10H,4,6-7H2,1H3,(H,15,16,17). The maximum absolute atomic E-state index is 13.3. The van der Waals surface area contributed by atoms with E-state index in [1.54, 1.807) is 0 Å². The molecule has 1 saturated heterocycles. The number of hydrogen-bond acceptors (Lipinski definition) is 6. The maximum Gasteiger partial charge on any atom is 0.183 e. The number of rotatable bonds is 4. The van der Waals surface area contributed by atoms with Crippen molar-refractivity contribution < 1.29 is 4.39 Å². The first-order valence-electron chi connectivity index (χ1n) is 6.47. The van der Waals surface area contributed by atoms with Crippen molar-refractivity contribution in [3.63, 3.8) is 0 Å². The van der Waals surface area contributed by atoms with Crippen molar-refractivity contribution in [1.29, 1.82) is 0 Å². The average molecular weight is 274 g/mol. The van der Waals surface area contributed by atoms with E-state index in [0.717, 1.165) is 30.8 Å². The van der Waals surface area contributed by atoms with Gasteiger partial charge in [-0.3, -0.25) is 0 Å². The summed E-state index contributed by atoms with van der Waals surface area (Å²) in [6.07, 6.45) is 2.49. The third-order valence-electron chi connectivity index (χ3n) is 3.29. The number of nitrogens with one attached hydrogen (secondary N) is 1. The first-order chi connectivity index (χ1) is 9.72. The summed E-state index contributed by atoms with van der Waals surface area (Å²) in [6.45, 7) is 4.37. The van der Waals surface area contributed by atoms with Crippen molar-refractivity contribution >= 4 is 11.6 Å². The number of anilines is 2. The number of hydrogen-bond donors (Lipinski definition) is 1. The van der Waals surface area contributed by atoms with Crippen molar-refractivity contribution in [3.05, 3.63) is 36.2 Å². The molecule has 0 spiro atoms. The van der Waals surface area contributed by atoms with Gasteiger partial charge in [0.05, 0.1) is 11.9 Å². The molecule has 6 nitrogen and oxygen atoms in total. The number of halogens is 1. The number of nitrogens with zero attached hydrogens (tertiary/aromatic N) is 5. The van der Waals surface area contributed by atoms with Crippen LogP contribution in [0.4, 0.5) is 16.0 Å². The predicted octanol–water partition coefficient (Wildman–Crippen LogP) is 1.26. The van der Waals surface area contributed by atoms with Gasteiger partial charge in [0.1, 0.15) is 6.33 Å². The summed E-state index contributed by atoms with van der Waals surface area (Å²) in [7, 11) is 0. The Balaban J connectivity index is 1.49. The summed E-state index contributed by atoms with van der Waals surface area (Å²) < 4.78 is 13.3. The zero-order chi connectivity index (χ0) is 13.9. The maximum atomic E-state index is 13.3. The predicted molar refractivity (Wildman–Crippen MR) is 73.0 cm³/mol. The fourth-order valence-corrected chi connectivity index (χ4v) is 2.13. The van der Waals surface area contributed by atoms with E-state index in [1.807, 2.05) is 19.1 Å². The van der Waals surface area contributed by atoms with Gasteiger partial charge >= 0.3 is 0 Å². The third kappa shape index (κ3) is 2.66. The molecular weight excluding hydrogens is 259 g/mol. The number of aromatic nitrogens is 4. The second kappa shape index (κ2) is 5.36. The lowest BCUT2D eigenvalue weighted by atomic mass is 10.0. The van der Waals surface area contributed by atoms with Gasteiger partial charge in [-0.15, -0.1) is 5.10 Å². The Morgan fingerprint density at radius 2 is 2.20 bits per heavy atom. The van der Waals surface area contributed by atoms with Crippen LogP contribution in [0, 0.1) is 18.7 Å². The molecule has 0 saturated carbocycles. The minimum absolute atomic E-state index is 0.258. The molecule has 104 valence electrons. The lowest BCUT2D eigenvalue weighted by molar-refractivity contribution is 0.424. The van der Waals surface area contributed by atoms with Gasteiger partial charge in [-0.25, -0.2) is 14.4 Å². The summed E-state index contributed by atoms with van der Waals surface area (Å²) in [4.78, 5) is 9.63. The SMILES string of the molecule is Cc1ccc(N2CC(CNc3ncncc3F)C2)nn1. The summed E-state index contributed by atoms with van der Waals surface area (Å²) in [6, 6.07) is 3.92. The molecule has 1 aliphatic heterocycles. The van der Waals surface area contributed by atoms with Crippen LogP contribution >= 0.6 is 0 Å². The molecule has 1 aliphatic rings. The highest BCUT2D eigenvalue weighted by molar-refractivity contribution is 5.41. The van der Waals surface area contributed by atoms with Crippen LogP contribution in [0.15, 0.2) is 24.7 Å². The Morgan fingerprint density at radius 3 is 2.90 bits per heavy atom. The molecule has 2 aromatic heterocycles. The van der Waals surface area contributed by atoms with Crippen molar-refractivity contribution in [2.45, 2.75) is 6.92 Å². The molecule has 0 amide bonds. The van der Waals surface area contributed by atoms with Crippen LogP contribution in [0.25, 0.3) is 0 Å². The van der Waals surface area contributed by atoms with Gasteiger partial charge in [0, 0.05) is 25.6 Å². The van der Waals surface area contributed by atoms with E-state index in [4.69, 9.17) is 0 Å². The van der Waals surface area contributed by atoms with Gasteiger partial charge < -0.3 is 10.2 Å². The van der Waals surface area contributed by atoms with E-state index in [9.17, 15) is 4.39 Å². The van der Waals surface area contributed by atoms with E-state index in [0.29, 0.717) is 12.5 Å². The van der Waals surface area contributed by atoms with Crippen LogP contribution < -0.4 is 10.2 Å². The monoisotopic (exact) mass is 274 g/mol. The van der Waals surface area contributed by atoms with E-state index >= 15 is 0 Å². The van der Waals surface area contributed by atoms with Gasteiger partial charge in [-0.05, 0) is 19.1 Å². The normalized spacial score (nSPS) is 15.0. The van der Waals surface area contributed by atoms with Gasteiger partial charge in [0.25, 0.3) is 0 Å². The first-order valence-corrected chi connectivity index (χ1v) is 6.47. The lowest BCUT2D eigenvalue weighted by Crippen LogP contribution is -2.50. The molecule has 0 bridgehead atoms. The summed E-state index contributed by atoms with van der Waals surface area (Å²) in [5.74, 6) is 1.18. The Hall–Kier alpha value is -2.31. The molecule has 2 aromatic rings. The summed E-state index contributed by atoms with van der Waals surface area (Å²) in [5, 5.41) is 11.2. The highest BCUT2D eigenvalue weighted by Crippen LogP contribution is 2.22. The summed E-state index contributed by atoms with van der Waals surface area (Å²) >= 11 is 0. The van der Waals surface area contributed by atoms with Gasteiger partial charge in [0.2, 0.25) is 0 Å². The molecular formula is C13H15FN6. The van der Waals surface area contributed by atoms with Gasteiger partial charge in [0.15, 0.2) is 17.5 Å². The second-order valence-corrected chi connectivity index (χ2v) is 4.90. The van der Waals surface area contributed by atoms with Crippen LogP contribution in [0.2, 0.25) is 0 Å². The second-order valence-electron chi connectivity index (χ2n) is 4.90. The molecule has 1 fully saturated rings. The quantitative estimate of drug-likeness (QED) is 0.905. The fourth-order valence-electron chi connectivity index (χ4n) is 2.13. The van der Waals surface area contributed by atoms with E-state index in [-0.39, 0.29) is 5.82 Å². The Labute approximate surface area is 116 Å². The van der Waals surface area contributed by atoms with E-state index < -0.39 is 5.82 Å². The highest BCUT2D eigenvalue weighted by Gasteiger charge is 2.27. The van der Waals surface area contributed by atoms with Crippen molar-refractivity contribution in [1.82, 2.24) is 20.2 Å². The largest absolute Gasteiger partial charge is 0.367 e. The van der Waals surface area contributed by atoms with Crippen LogP contribution in [-0.2, 0) is 0 Å². The summed E-state index contributed by atoms with van der Waals surface area (Å²) in [5.41, 5.74) is 0.909. The molecule has 0 aliphatic carbocycles. The van der Waals surface area contributed by atoms with Crippen LogP contribution in [0.3, 0.4) is 0 Å². The molecule has 20 heavy (non-hydrogen) atoms. The fraction of sp³-hybridized carbons (Fsp3) is 0.385. The van der Waals surface area contributed by atoms with E-state index in [1.165, 1.54) is 6.33 Å². The van der Waals surface area contributed by atoms with Crippen LogP contribution in [0.5, 0.6) is 0 Å². The van der Waals surface area contributed by atoms with Crippen LogP contribution in [0.1, 0.15) is 5.69 Å². The molecule has 3 heterocycles. The third-order valence-corrected chi connectivity index (χ3v) is 3.29. The van der Waals surface area contributed by atoms with Crippen molar-refractivity contribution in [2.75, 3.05) is 29.9 Å². The lowest BCUT2D eigenvalue weighted by Gasteiger charge is -2.40. The van der Waals surface area contributed by atoms with Gasteiger partial charge in [-0.1, -0.05) is 0 Å². The molecule has 7 heteroatoms. The Morgan fingerprint density at radius 1 is 1.35 bits per heavy atom. The zero-order valence-corrected chi connectivity index (χ0v) is 11.1. The first kappa shape index (κ1) is 12.7. The van der Waals surface area contributed by atoms with Crippen molar-refractivity contribution in [3.8, 4) is 0 Å². The zero-order valence-electron chi connectivity index (χ0n) is 11.1. The smallest absolute Gasteiger partial charge is 0.183 e. The van der Waals surface area contributed by atoms with Crippen molar-refractivity contribution in [2.24, 2.45) is 5.92 Å². The minimum Gasteiger partial charge on any atom is -0.367 e. The molecule has 0 aromatic carbocycles. The Bertz CT molecular complexity index is 582. The van der Waals surface area contributed by atoms with Gasteiger partial charge in [-0.2, -0.15) is 5.10 Å². The highest BCUT2D eigenvalue weighted by atomic mass is 19.1. The van der Waals surface area contributed by atoms with E-state index in [2.05, 4.69) is 30.4 Å². The topological polar surface area (TPSA) is 66.8 Å². The average Bonchev–Trinajstić information content (AvgIpc) is 2.41. The molecule has 0 radical (unpaired) electrons.